The van der Waals surface area contributed by atoms with Gasteiger partial charge in [-0.1, -0.05) is 19.9 Å². The smallest absolute Gasteiger partial charge is 0.130 e. The van der Waals surface area contributed by atoms with Crippen LogP contribution >= 0.6 is 0 Å². The Balaban J connectivity index is 3.02. The molecule has 0 heterocycles. The molecular weight excluding hydrogens is 148 g/mol. The van der Waals surface area contributed by atoms with E-state index in [2.05, 4.69) is 26.0 Å². The van der Waals surface area contributed by atoms with E-state index in [-0.39, 0.29) is 0 Å². The minimum Gasteiger partial charge on any atom is -0.496 e. The van der Waals surface area contributed by atoms with Gasteiger partial charge >= 0.3 is 0 Å². The number of rotatable bonds is 3. The maximum atomic E-state index is 5.18. The molecule has 0 aromatic heterocycles. The van der Waals surface area contributed by atoms with Crippen LogP contribution in [0.3, 0.4) is 0 Å². The van der Waals surface area contributed by atoms with Crippen LogP contribution in [0.2, 0.25) is 0 Å². The quantitative estimate of drug-likeness (QED) is 0.665. The Hall–Kier alpha value is -0.980. The van der Waals surface area contributed by atoms with Gasteiger partial charge < -0.3 is 4.74 Å². The van der Waals surface area contributed by atoms with E-state index in [0.717, 1.165) is 18.6 Å². The Morgan fingerprint density at radius 1 is 1.33 bits per heavy atom. The molecule has 1 rings (SSSR count). The lowest BCUT2D eigenvalue weighted by molar-refractivity contribution is 0.409. The molecule has 0 fully saturated rings. The first kappa shape index (κ1) is 9.11. The summed E-state index contributed by atoms with van der Waals surface area (Å²) in [7, 11) is 1.69. The number of hydrogen-bond acceptors (Lipinski definition) is 1. The SMILES string of the molecule is CCc1c[c]c(OC)c(CC)c1. The number of benzene rings is 1. The lowest BCUT2D eigenvalue weighted by atomic mass is 10.1. The van der Waals surface area contributed by atoms with Crippen molar-refractivity contribution in [2.75, 3.05) is 7.11 Å². The van der Waals surface area contributed by atoms with E-state index < -0.39 is 0 Å². The van der Waals surface area contributed by atoms with Crippen LogP contribution in [-0.2, 0) is 12.8 Å². The third-order valence-electron chi connectivity index (χ3n) is 2.03. The average molecular weight is 163 g/mol. The highest BCUT2D eigenvalue weighted by Crippen LogP contribution is 2.19. The molecule has 1 nitrogen and oxygen atoms in total. The molecule has 0 aliphatic heterocycles. The van der Waals surface area contributed by atoms with Gasteiger partial charge in [0.1, 0.15) is 5.75 Å². The van der Waals surface area contributed by atoms with Gasteiger partial charge in [0.05, 0.1) is 7.11 Å². The zero-order chi connectivity index (χ0) is 8.97. The first-order chi connectivity index (χ1) is 5.81. The van der Waals surface area contributed by atoms with Crippen molar-refractivity contribution < 1.29 is 4.74 Å². The molecule has 0 N–H and O–H groups in total. The summed E-state index contributed by atoms with van der Waals surface area (Å²) in [4.78, 5) is 0. The van der Waals surface area contributed by atoms with Crippen LogP contribution in [0.15, 0.2) is 12.1 Å². The van der Waals surface area contributed by atoms with E-state index in [1.54, 1.807) is 7.11 Å². The molecule has 1 aromatic rings. The Kier molecular flexibility index (Phi) is 3.15. The van der Waals surface area contributed by atoms with Crippen LogP contribution in [0.4, 0.5) is 0 Å². The van der Waals surface area contributed by atoms with Gasteiger partial charge in [-0.05, 0) is 30.0 Å². The minimum absolute atomic E-state index is 0.884. The van der Waals surface area contributed by atoms with E-state index in [1.165, 1.54) is 11.1 Å². The van der Waals surface area contributed by atoms with Gasteiger partial charge in [-0.25, -0.2) is 0 Å². The molecule has 0 aliphatic carbocycles. The topological polar surface area (TPSA) is 9.23 Å². The van der Waals surface area contributed by atoms with Crippen molar-refractivity contribution in [3.8, 4) is 5.75 Å². The molecule has 1 aromatic carbocycles. The molecule has 0 saturated heterocycles. The molecule has 1 radical (unpaired) electrons. The molecule has 0 atom stereocenters. The monoisotopic (exact) mass is 163 g/mol. The van der Waals surface area contributed by atoms with Crippen molar-refractivity contribution >= 4 is 0 Å². The average Bonchev–Trinajstić information content (AvgIpc) is 2.16. The highest BCUT2D eigenvalue weighted by Gasteiger charge is 2.00. The van der Waals surface area contributed by atoms with Crippen LogP contribution in [-0.4, -0.2) is 7.11 Å². The first-order valence-corrected chi connectivity index (χ1v) is 4.39. The first-order valence-electron chi connectivity index (χ1n) is 4.39. The van der Waals surface area contributed by atoms with Gasteiger partial charge in [-0.15, -0.1) is 0 Å². The predicted octanol–water partition coefficient (Wildman–Crippen LogP) is 2.62. The van der Waals surface area contributed by atoms with E-state index >= 15 is 0 Å². The van der Waals surface area contributed by atoms with Crippen LogP contribution in [0, 0.1) is 6.07 Å². The highest BCUT2D eigenvalue weighted by atomic mass is 16.5. The molecule has 1 heteroatoms. The summed E-state index contributed by atoms with van der Waals surface area (Å²) >= 11 is 0. The third-order valence-corrected chi connectivity index (χ3v) is 2.03. The summed E-state index contributed by atoms with van der Waals surface area (Å²) < 4.78 is 5.18. The summed E-state index contributed by atoms with van der Waals surface area (Å²) in [5.74, 6) is 0.884. The van der Waals surface area contributed by atoms with Crippen molar-refractivity contribution in [2.24, 2.45) is 0 Å². The second kappa shape index (κ2) is 4.15. The standard InChI is InChI=1S/C11H15O/c1-4-9-6-7-11(12-3)10(5-2)8-9/h6,8H,4-5H2,1-3H3. The molecule has 0 bridgehead atoms. The third kappa shape index (κ3) is 1.79. The Morgan fingerprint density at radius 3 is 2.58 bits per heavy atom. The zero-order valence-corrected chi connectivity index (χ0v) is 7.98. The fourth-order valence-electron chi connectivity index (χ4n) is 1.24. The van der Waals surface area contributed by atoms with Gasteiger partial charge in [-0.2, -0.15) is 0 Å². The van der Waals surface area contributed by atoms with Crippen LogP contribution in [0.25, 0.3) is 0 Å². The van der Waals surface area contributed by atoms with E-state index in [0.29, 0.717) is 0 Å². The predicted molar refractivity (Wildman–Crippen MR) is 50.6 cm³/mol. The molecule has 65 valence electrons. The molecule has 0 saturated carbocycles. The van der Waals surface area contributed by atoms with Crippen LogP contribution in [0.5, 0.6) is 5.75 Å². The summed E-state index contributed by atoms with van der Waals surface area (Å²) in [5, 5.41) is 0. The zero-order valence-electron chi connectivity index (χ0n) is 7.98. The molecule has 0 spiro atoms. The summed E-state index contributed by atoms with van der Waals surface area (Å²) in [6.07, 6.45) is 2.07. The lowest BCUT2D eigenvalue weighted by Gasteiger charge is -2.07. The van der Waals surface area contributed by atoms with Gasteiger partial charge in [0.25, 0.3) is 0 Å². The molecular formula is C11H15O. The van der Waals surface area contributed by atoms with Gasteiger partial charge in [-0.3, -0.25) is 0 Å². The maximum Gasteiger partial charge on any atom is 0.130 e. The van der Waals surface area contributed by atoms with Gasteiger partial charge in [0.2, 0.25) is 0 Å². The van der Waals surface area contributed by atoms with E-state index in [9.17, 15) is 0 Å². The van der Waals surface area contributed by atoms with Crippen molar-refractivity contribution in [3.63, 3.8) is 0 Å². The molecule has 0 unspecified atom stereocenters. The Morgan fingerprint density at radius 2 is 2.08 bits per heavy atom. The van der Waals surface area contributed by atoms with Crippen molar-refractivity contribution in [1.82, 2.24) is 0 Å². The molecule has 12 heavy (non-hydrogen) atoms. The summed E-state index contributed by atoms with van der Waals surface area (Å²) in [6.45, 7) is 4.28. The largest absolute Gasteiger partial charge is 0.496 e. The lowest BCUT2D eigenvalue weighted by Crippen LogP contribution is -1.92. The second-order valence-corrected chi connectivity index (χ2v) is 2.77. The number of methoxy groups -OCH3 is 1. The van der Waals surface area contributed by atoms with Crippen molar-refractivity contribution in [2.45, 2.75) is 26.7 Å². The van der Waals surface area contributed by atoms with Gasteiger partial charge in [0.15, 0.2) is 0 Å². The highest BCUT2D eigenvalue weighted by molar-refractivity contribution is 5.36. The number of ether oxygens (including phenoxy) is 1. The fraction of sp³-hybridized carbons (Fsp3) is 0.455. The van der Waals surface area contributed by atoms with E-state index in [4.69, 9.17) is 4.74 Å². The molecule has 0 aliphatic rings. The maximum absolute atomic E-state index is 5.18. The van der Waals surface area contributed by atoms with Crippen molar-refractivity contribution in [3.05, 3.63) is 29.3 Å². The number of aryl methyl sites for hydroxylation is 2. The van der Waals surface area contributed by atoms with Crippen LogP contribution in [0.1, 0.15) is 25.0 Å². The Labute approximate surface area is 74.4 Å². The fourth-order valence-corrected chi connectivity index (χ4v) is 1.24. The number of hydrogen-bond donors (Lipinski definition) is 0. The molecule has 0 amide bonds. The second-order valence-electron chi connectivity index (χ2n) is 2.77. The Bertz CT molecular complexity index is 253. The summed E-state index contributed by atoms with van der Waals surface area (Å²) in [6, 6.07) is 7.32. The summed E-state index contributed by atoms with van der Waals surface area (Å²) in [5.41, 5.74) is 2.57. The minimum atomic E-state index is 0.884. The normalized spacial score (nSPS) is 9.92. The van der Waals surface area contributed by atoms with Gasteiger partial charge in [0, 0.05) is 6.07 Å². The van der Waals surface area contributed by atoms with Crippen LogP contribution < -0.4 is 4.74 Å². The van der Waals surface area contributed by atoms with Crippen molar-refractivity contribution in [1.29, 1.82) is 0 Å². The van der Waals surface area contributed by atoms with E-state index in [1.807, 2.05) is 6.07 Å².